The number of amides is 1. The molecule has 84 valence electrons. The molecule has 1 amide bonds. The normalized spacial score (nSPS) is 9.19. The standard InChI is InChI=1S/C12H12FNO2/c1-9(16)14-4-2-3-10-5-11(8-15)7-12(13)6-10/h5-7,15H,4,8H2,1H3,(H,14,16). The average molecular weight is 221 g/mol. The van der Waals surface area contributed by atoms with Gasteiger partial charge in [-0.3, -0.25) is 4.79 Å². The smallest absolute Gasteiger partial charge is 0.217 e. The number of hydrogen-bond acceptors (Lipinski definition) is 2. The minimum Gasteiger partial charge on any atom is -0.392 e. The molecule has 0 aromatic heterocycles. The van der Waals surface area contributed by atoms with Gasteiger partial charge in [0.2, 0.25) is 5.91 Å². The Hall–Kier alpha value is -1.86. The zero-order chi connectivity index (χ0) is 12.0. The van der Waals surface area contributed by atoms with Crippen LogP contribution in [0.4, 0.5) is 4.39 Å². The van der Waals surface area contributed by atoms with E-state index < -0.39 is 5.82 Å². The van der Waals surface area contributed by atoms with Crippen LogP contribution in [-0.4, -0.2) is 17.6 Å². The van der Waals surface area contributed by atoms with Crippen molar-refractivity contribution in [2.24, 2.45) is 0 Å². The van der Waals surface area contributed by atoms with Crippen LogP contribution < -0.4 is 5.32 Å². The fourth-order valence-corrected chi connectivity index (χ4v) is 1.13. The first-order chi connectivity index (χ1) is 7.61. The number of carbonyl (C=O) groups is 1. The number of carbonyl (C=O) groups excluding carboxylic acids is 1. The second-order valence-corrected chi connectivity index (χ2v) is 3.22. The van der Waals surface area contributed by atoms with Crippen LogP contribution >= 0.6 is 0 Å². The van der Waals surface area contributed by atoms with E-state index in [0.717, 1.165) is 0 Å². The van der Waals surface area contributed by atoms with Crippen molar-refractivity contribution in [3.8, 4) is 11.8 Å². The summed E-state index contributed by atoms with van der Waals surface area (Å²) in [5.74, 6) is 4.78. The van der Waals surface area contributed by atoms with Crippen molar-refractivity contribution in [3.05, 3.63) is 35.1 Å². The van der Waals surface area contributed by atoms with E-state index in [4.69, 9.17) is 5.11 Å². The highest BCUT2D eigenvalue weighted by atomic mass is 19.1. The molecular weight excluding hydrogens is 209 g/mol. The van der Waals surface area contributed by atoms with E-state index in [1.54, 1.807) is 6.07 Å². The Morgan fingerprint density at radius 2 is 2.25 bits per heavy atom. The predicted molar refractivity (Wildman–Crippen MR) is 57.9 cm³/mol. The molecule has 2 N–H and O–H groups in total. The molecule has 4 heteroatoms. The Morgan fingerprint density at radius 1 is 1.50 bits per heavy atom. The molecule has 0 saturated heterocycles. The van der Waals surface area contributed by atoms with E-state index in [-0.39, 0.29) is 19.1 Å². The number of nitrogens with one attached hydrogen (secondary N) is 1. The van der Waals surface area contributed by atoms with E-state index in [9.17, 15) is 9.18 Å². The van der Waals surface area contributed by atoms with Gasteiger partial charge in [0, 0.05) is 12.5 Å². The zero-order valence-electron chi connectivity index (χ0n) is 8.88. The van der Waals surface area contributed by atoms with Gasteiger partial charge in [0.05, 0.1) is 13.2 Å². The van der Waals surface area contributed by atoms with Crippen molar-refractivity contribution in [1.29, 1.82) is 0 Å². The maximum Gasteiger partial charge on any atom is 0.217 e. The van der Waals surface area contributed by atoms with Gasteiger partial charge in [0.1, 0.15) is 5.82 Å². The van der Waals surface area contributed by atoms with Crippen molar-refractivity contribution >= 4 is 5.91 Å². The van der Waals surface area contributed by atoms with Gasteiger partial charge >= 0.3 is 0 Å². The van der Waals surface area contributed by atoms with Gasteiger partial charge in [-0.25, -0.2) is 4.39 Å². The number of halogens is 1. The highest BCUT2D eigenvalue weighted by Gasteiger charge is 1.97. The molecule has 1 aromatic carbocycles. The molecule has 0 aliphatic carbocycles. The van der Waals surface area contributed by atoms with Crippen LogP contribution in [0, 0.1) is 17.7 Å². The van der Waals surface area contributed by atoms with Gasteiger partial charge in [-0.15, -0.1) is 0 Å². The largest absolute Gasteiger partial charge is 0.392 e. The first kappa shape index (κ1) is 12.2. The predicted octanol–water partition coefficient (Wildman–Crippen LogP) is 0.806. The summed E-state index contributed by atoms with van der Waals surface area (Å²) in [5, 5.41) is 11.4. The van der Waals surface area contributed by atoms with Gasteiger partial charge in [-0.1, -0.05) is 11.8 Å². The van der Waals surface area contributed by atoms with Crippen LogP contribution in [0.3, 0.4) is 0 Å². The highest BCUT2D eigenvalue weighted by molar-refractivity contribution is 5.73. The third-order valence-corrected chi connectivity index (χ3v) is 1.80. The maximum atomic E-state index is 13.0. The van der Waals surface area contributed by atoms with Crippen molar-refractivity contribution in [1.82, 2.24) is 5.32 Å². The summed E-state index contributed by atoms with van der Waals surface area (Å²) in [6, 6.07) is 4.13. The van der Waals surface area contributed by atoms with Crippen molar-refractivity contribution < 1.29 is 14.3 Å². The Bertz CT molecular complexity index is 446. The Balaban J connectivity index is 2.72. The van der Waals surface area contributed by atoms with Crippen molar-refractivity contribution in [2.45, 2.75) is 13.5 Å². The number of hydrogen-bond donors (Lipinski definition) is 2. The lowest BCUT2D eigenvalue weighted by atomic mass is 10.1. The van der Waals surface area contributed by atoms with Crippen molar-refractivity contribution in [3.63, 3.8) is 0 Å². The van der Waals surface area contributed by atoms with E-state index >= 15 is 0 Å². The summed E-state index contributed by atoms with van der Waals surface area (Å²) in [6.45, 7) is 1.40. The lowest BCUT2D eigenvalue weighted by molar-refractivity contribution is -0.118. The number of aliphatic hydroxyl groups excluding tert-OH is 1. The average Bonchev–Trinajstić information content (AvgIpc) is 2.23. The Labute approximate surface area is 93.3 Å². The molecule has 0 bridgehead atoms. The van der Waals surface area contributed by atoms with E-state index in [0.29, 0.717) is 11.1 Å². The molecule has 0 aliphatic heterocycles. The summed E-state index contributed by atoms with van der Waals surface area (Å²) in [7, 11) is 0. The molecule has 1 aromatic rings. The zero-order valence-corrected chi connectivity index (χ0v) is 8.88. The van der Waals surface area contributed by atoms with Crippen LogP contribution in [0.2, 0.25) is 0 Å². The van der Waals surface area contributed by atoms with Gasteiger partial charge in [0.25, 0.3) is 0 Å². The molecule has 3 nitrogen and oxygen atoms in total. The van der Waals surface area contributed by atoms with Crippen LogP contribution in [0.5, 0.6) is 0 Å². The highest BCUT2D eigenvalue weighted by Crippen LogP contribution is 2.08. The Morgan fingerprint density at radius 3 is 2.88 bits per heavy atom. The third-order valence-electron chi connectivity index (χ3n) is 1.80. The van der Waals surface area contributed by atoms with Crippen LogP contribution in [-0.2, 0) is 11.4 Å². The Kier molecular flexibility index (Phi) is 4.49. The van der Waals surface area contributed by atoms with Crippen molar-refractivity contribution in [2.75, 3.05) is 6.54 Å². The molecule has 0 radical (unpaired) electrons. The van der Waals surface area contributed by atoms with E-state index in [2.05, 4.69) is 17.2 Å². The third kappa shape index (κ3) is 4.11. The van der Waals surface area contributed by atoms with Crippen LogP contribution in [0.15, 0.2) is 18.2 Å². The molecule has 0 unspecified atom stereocenters. The summed E-state index contributed by atoms with van der Waals surface area (Å²) in [5.41, 5.74) is 0.957. The molecule has 0 aliphatic rings. The van der Waals surface area contributed by atoms with Crippen LogP contribution in [0.1, 0.15) is 18.1 Å². The molecule has 0 heterocycles. The molecule has 16 heavy (non-hydrogen) atoms. The lowest BCUT2D eigenvalue weighted by Gasteiger charge is -1.98. The minimum absolute atomic E-state index is 0.162. The molecule has 0 fully saturated rings. The lowest BCUT2D eigenvalue weighted by Crippen LogP contribution is -2.19. The molecule has 0 atom stereocenters. The topological polar surface area (TPSA) is 49.3 Å². The van der Waals surface area contributed by atoms with Gasteiger partial charge in [-0.2, -0.15) is 0 Å². The number of rotatable bonds is 2. The van der Waals surface area contributed by atoms with Gasteiger partial charge in [-0.05, 0) is 23.8 Å². The SMILES string of the molecule is CC(=O)NCC#Cc1cc(F)cc(CO)c1. The first-order valence-corrected chi connectivity index (χ1v) is 4.75. The summed E-state index contributed by atoms with van der Waals surface area (Å²) >= 11 is 0. The molecule has 0 saturated carbocycles. The minimum atomic E-state index is -0.435. The second kappa shape index (κ2) is 5.89. The molecular formula is C12H12FNO2. The second-order valence-electron chi connectivity index (χ2n) is 3.22. The van der Waals surface area contributed by atoms with E-state index in [1.165, 1.54) is 19.1 Å². The summed E-state index contributed by atoms with van der Waals surface area (Å²) < 4.78 is 13.0. The number of benzene rings is 1. The molecule has 1 rings (SSSR count). The summed E-state index contributed by atoms with van der Waals surface area (Å²) in [6.07, 6.45) is 0. The first-order valence-electron chi connectivity index (χ1n) is 4.75. The fraction of sp³-hybridized carbons (Fsp3) is 0.250. The molecule has 0 spiro atoms. The van der Waals surface area contributed by atoms with E-state index in [1.807, 2.05) is 0 Å². The summed E-state index contributed by atoms with van der Waals surface area (Å²) in [4.78, 5) is 10.5. The van der Waals surface area contributed by atoms with Gasteiger partial charge < -0.3 is 10.4 Å². The quantitative estimate of drug-likeness (QED) is 0.726. The fourth-order valence-electron chi connectivity index (χ4n) is 1.13. The maximum absolute atomic E-state index is 13.0. The number of aliphatic hydroxyl groups is 1. The van der Waals surface area contributed by atoms with Gasteiger partial charge in [0.15, 0.2) is 0 Å². The monoisotopic (exact) mass is 221 g/mol. The van der Waals surface area contributed by atoms with Crippen LogP contribution in [0.25, 0.3) is 0 Å².